The Morgan fingerprint density at radius 3 is 2.45 bits per heavy atom. The molecule has 2 aliphatic heterocycles. The summed E-state index contributed by atoms with van der Waals surface area (Å²) in [5.41, 5.74) is 2.53. The van der Waals surface area contributed by atoms with Gasteiger partial charge in [0.05, 0.1) is 0 Å². The number of carbonyl (C=O) groups is 2. The van der Waals surface area contributed by atoms with Gasteiger partial charge in [-0.1, -0.05) is 0 Å². The number of likely N-dealkylation sites (tertiary alicyclic amines) is 2. The van der Waals surface area contributed by atoms with Crippen LogP contribution in [0.3, 0.4) is 0 Å². The van der Waals surface area contributed by atoms with Crippen molar-refractivity contribution in [3.05, 3.63) is 52.5 Å². The van der Waals surface area contributed by atoms with Crippen LogP contribution in [0.1, 0.15) is 24.0 Å². The zero-order chi connectivity index (χ0) is 21.0. The molecule has 0 saturated carbocycles. The molecule has 2 atom stereocenters. The number of carboxylic acid groups (broad SMARTS) is 1. The van der Waals surface area contributed by atoms with Crippen molar-refractivity contribution in [2.75, 3.05) is 6.54 Å². The maximum absolute atomic E-state index is 12.4. The van der Waals surface area contributed by atoms with E-state index in [1.807, 2.05) is 12.1 Å². The molecule has 2 saturated heterocycles. The van der Waals surface area contributed by atoms with Crippen LogP contribution in [0.15, 0.2) is 41.4 Å². The number of aromatic nitrogens is 1. The Morgan fingerprint density at radius 2 is 1.86 bits per heavy atom. The molecule has 2 fully saturated rings. The summed E-state index contributed by atoms with van der Waals surface area (Å²) in [6, 6.07) is 6.94. The van der Waals surface area contributed by atoms with Crippen molar-refractivity contribution in [1.82, 2.24) is 14.8 Å². The number of thiophene rings is 1. The van der Waals surface area contributed by atoms with Gasteiger partial charge in [0.2, 0.25) is 5.91 Å². The fourth-order valence-corrected chi connectivity index (χ4v) is 4.37. The Balaban J connectivity index is 0.000000298. The molecule has 0 aliphatic carbocycles. The SMILES string of the molecule is O=C(O)C(F)(F)F.O=C1CC2C(CCN2Cc2ccsc2)N1Cc1ccncc1. The van der Waals surface area contributed by atoms with E-state index in [0.29, 0.717) is 24.4 Å². The van der Waals surface area contributed by atoms with E-state index in [0.717, 1.165) is 26.1 Å². The first kappa shape index (κ1) is 21.3. The lowest BCUT2D eigenvalue weighted by atomic mass is 10.1. The third-order valence-corrected chi connectivity index (χ3v) is 5.77. The summed E-state index contributed by atoms with van der Waals surface area (Å²) in [4.78, 5) is 29.9. The van der Waals surface area contributed by atoms with Crippen molar-refractivity contribution in [2.45, 2.75) is 44.2 Å². The number of hydrogen-bond acceptors (Lipinski definition) is 5. The Bertz CT molecular complexity index is 830. The van der Waals surface area contributed by atoms with Crippen molar-refractivity contribution in [3.63, 3.8) is 0 Å². The van der Waals surface area contributed by atoms with Crippen LogP contribution in [0.25, 0.3) is 0 Å². The molecule has 1 amide bonds. The summed E-state index contributed by atoms with van der Waals surface area (Å²) in [5, 5.41) is 11.5. The zero-order valence-electron chi connectivity index (χ0n) is 15.4. The summed E-state index contributed by atoms with van der Waals surface area (Å²) in [6.45, 7) is 2.78. The number of carbonyl (C=O) groups excluding carboxylic acids is 1. The summed E-state index contributed by atoms with van der Waals surface area (Å²) < 4.78 is 31.7. The number of hydrogen-bond donors (Lipinski definition) is 1. The minimum absolute atomic E-state index is 0.293. The van der Waals surface area contributed by atoms with Crippen molar-refractivity contribution >= 4 is 23.2 Å². The minimum Gasteiger partial charge on any atom is -0.475 e. The van der Waals surface area contributed by atoms with Crippen molar-refractivity contribution < 1.29 is 27.9 Å². The second kappa shape index (κ2) is 8.91. The maximum atomic E-state index is 12.4. The molecular formula is C19H20F3N3O3S. The number of pyridine rings is 1. The van der Waals surface area contributed by atoms with Crippen LogP contribution in [0.5, 0.6) is 0 Å². The van der Waals surface area contributed by atoms with Gasteiger partial charge in [-0.15, -0.1) is 0 Å². The maximum Gasteiger partial charge on any atom is 0.490 e. The number of fused-ring (bicyclic) bond motifs is 1. The lowest BCUT2D eigenvalue weighted by Crippen LogP contribution is -2.36. The van der Waals surface area contributed by atoms with Gasteiger partial charge in [0, 0.05) is 50.5 Å². The van der Waals surface area contributed by atoms with E-state index >= 15 is 0 Å². The molecule has 10 heteroatoms. The second-order valence-electron chi connectivity index (χ2n) is 6.91. The van der Waals surface area contributed by atoms with Crippen LogP contribution < -0.4 is 0 Å². The van der Waals surface area contributed by atoms with Gasteiger partial charge in [-0.2, -0.15) is 24.5 Å². The predicted octanol–water partition coefficient (Wildman–Crippen LogP) is 3.15. The van der Waals surface area contributed by atoms with Crippen molar-refractivity contribution in [1.29, 1.82) is 0 Å². The van der Waals surface area contributed by atoms with Gasteiger partial charge in [-0.25, -0.2) is 4.79 Å². The molecule has 4 rings (SSSR count). The third-order valence-electron chi connectivity index (χ3n) is 5.04. The molecule has 1 N–H and O–H groups in total. The molecule has 2 aromatic rings. The van der Waals surface area contributed by atoms with E-state index in [2.05, 4.69) is 31.6 Å². The van der Waals surface area contributed by atoms with Crippen LogP contribution in [0.2, 0.25) is 0 Å². The van der Waals surface area contributed by atoms with Crippen LogP contribution in [-0.4, -0.2) is 56.6 Å². The first-order valence-corrected chi connectivity index (χ1v) is 9.93. The lowest BCUT2D eigenvalue weighted by molar-refractivity contribution is -0.192. The number of aliphatic carboxylic acids is 1. The normalized spacial score (nSPS) is 21.6. The molecular weight excluding hydrogens is 407 g/mol. The Labute approximate surface area is 169 Å². The number of alkyl halides is 3. The molecule has 29 heavy (non-hydrogen) atoms. The number of halogens is 3. The van der Waals surface area contributed by atoms with E-state index in [1.165, 1.54) is 11.1 Å². The quantitative estimate of drug-likeness (QED) is 0.812. The molecule has 0 spiro atoms. The Hall–Kier alpha value is -2.46. The van der Waals surface area contributed by atoms with E-state index in [-0.39, 0.29) is 0 Å². The molecule has 2 unspecified atom stereocenters. The molecule has 156 valence electrons. The number of amides is 1. The van der Waals surface area contributed by atoms with Crippen LogP contribution in [0, 0.1) is 0 Å². The highest BCUT2D eigenvalue weighted by Crippen LogP contribution is 2.34. The van der Waals surface area contributed by atoms with Crippen LogP contribution in [0.4, 0.5) is 13.2 Å². The van der Waals surface area contributed by atoms with Gasteiger partial charge < -0.3 is 10.0 Å². The summed E-state index contributed by atoms with van der Waals surface area (Å²) in [5.74, 6) is -2.46. The largest absolute Gasteiger partial charge is 0.490 e. The topological polar surface area (TPSA) is 73.7 Å². The van der Waals surface area contributed by atoms with Gasteiger partial charge in [0.1, 0.15) is 0 Å². The lowest BCUT2D eigenvalue weighted by Gasteiger charge is -2.25. The number of rotatable bonds is 4. The molecule has 0 bridgehead atoms. The molecule has 0 aromatic carbocycles. The summed E-state index contributed by atoms with van der Waals surface area (Å²) in [6.07, 6.45) is 0.265. The summed E-state index contributed by atoms with van der Waals surface area (Å²) in [7, 11) is 0. The van der Waals surface area contributed by atoms with Crippen molar-refractivity contribution in [2.24, 2.45) is 0 Å². The molecule has 2 aromatic heterocycles. The molecule has 6 nitrogen and oxygen atoms in total. The van der Waals surface area contributed by atoms with Gasteiger partial charge in [-0.3, -0.25) is 14.7 Å². The highest BCUT2D eigenvalue weighted by atomic mass is 32.1. The zero-order valence-corrected chi connectivity index (χ0v) is 16.2. The highest BCUT2D eigenvalue weighted by Gasteiger charge is 2.46. The molecule has 4 heterocycles. The van der Waals surface area contributed by atoms with Gasteiger partial charge in [-0.05, 0) is 46.5 Å². The summed E-state index contributed by atoms with van der Waals surface area (Å²) >= 11 is 1.74. The monoisotopic (exact) mass is 427 g/mol. The molecule has 0 radical (unpaired) electrons. The average Bonchev–Trinajstić information content (AvgIpc) is 3.37. The number of carboxylic acids is 1. The third kappa shape index (κ3) is 5.33. The predicted molar refractivity (Wildman–Crippen MR) is 100 cm³/mol. The van der Waals surface area contributed by atoms with E-state index in [1.54, 1.807) is 23.7 Å². The van der Waals surface area contributed by atoms with Crippen LogP contribution in [-0.2, 0) is 22.7 Å². The average molecular weight is 427 g/mol. The first-order chi connectivity index (χ1) is 13.8. The van der Waals surface area contributed by atoms with Crippen molar-refractivity contribution in [3.8, 4) is 0 Å². The van der Waals surface area contributed by atoms with E-state index in [4.69, 9.17) is 9.90 Å². The van der Waals surface area contributed by atoms with E-state index < -0.39 is 12.1 Å². The van der Waals surface area contributed by atoms with Gasteiger partial charge in [0.25, 0.3) is 0 Å². The van der Waals surface area contributed by atoms with Crippen LogP contribution >= 0.6 is 11.3 Å². The second-order valence-corrected chi connectivity index (χ2v) is 7.69. The molecule has 2 aliphatic rings. The standard InChI is InChI=1S/C17H19N3OS.C2HF3O2/c21-17-9-16-15(20(17)11-13-1-5-18-6-2-13)3-7-19(16)10-14-4-8-22-12-14;3-2(4,5)1(6)7/h1-2,4-6,8,12,15-16H,3,7,9-11H2;(H,6,7). The minimum atomic E-state index is -5.08. The smallest absolute Gasteiger partial charge is 0.475 e. The Kier molecular flexibility index (Phi) is 6.53. The fourth-order valence-electron chi connectivity index (χ4n) is 3.71. The first-order valence-electron chi connectivity index (χ1n) is 8.99. The fraction of sp³-hybridized carbons (Fsp3) is 0.421. The highest BCUT2D eigenvalue weighted by molar-refractivity contribution is 7.07. The van der Waals surface area contributed by atoms with E-state index in [9.17, 15) is 18.0 Å². The number of nitrogens with zero attached hydrogens (tertiary/aromatic N) is 3. The van der Waals surface area contributed by atoms with Gasteiger partial charge in [0.15, 0.2) is 0 Å². The van der Waals surface area contributed by atoms with Gasteiger partial charge >= 0.3 is 12.1 Å². The Morgan fingerprint density at radius 1 is 1.17 bits per heavy atom.